The number of halogens is 3. The molecule has 246 valence electrons. The number of alkyl halides is 3. The largest absolute Gasteiger partial charge is 0.491 e. The summed E-state index contributed by atoms with van der Waals surface area (Å²) in [6, 6.07) is 18.2. The number of hydrogen-bond acceptors (Lipinski definition) is 8. The Labute approximate surface area is 261 Å². The van der Waals surface area contributed by atoms with E-state index in [9.17, 15) is 35.1 Å². The van der Waals surface area contributed by atoms with Gasteiger partial charge in [0.25, 0.3) is 0 Å². The van der Waals surface area contributed by atoms with E-state index in [0.29, 0.717) is 39.0 Å². The summed E-state index contributed by atoms with van der Waals surface area (Å²) in [7, 11) is -7.56. The lowest BCUT2D eigenvalue weighted by molar-refractivity contribution is -0.134. The summed E-state index contributed by atoms with van der Waals surface area (Å²) < 4.78 is 102. The van der Waals surface area contributed by atoms with Crippen molar-refractivity contribution >= 4 is 30.6 Å². The van der Waals surface area contributed by atoms with Crippen molar-refractivity contribution in [2.45, 2.75) is 65.8 Å². The fraction of sp³-hybridized carbons (Fsp3) is 0.484. The number of sulfone groups is 1. The number of fused-ring (bicyclic) bond motifs is 1. The quantitative estimate of drug-likeness (QED) is 0.293. The van der Waals surface area contributed by atoms with Crippen LogP contribution in [0.5, 0.6) is 5.75 Å². The Bertz CT molecular complexity index is 1690. The predicted molar refractivity (Wildman–Crippen MR) is 162 cm³/mol. The van der Waals surface area contributed by atoms with E-state index in [4.69, 9.17) is 9.47 Å². The third-order valence-electron chi connectivity index (χ3n) is 8.32. The second-order valence-electron chi connectivity index (χ2n) is 11.7. The smallest absolute Gasteiger partial charge is 0.389 e. The first kappa shape index (κ1) is 33.6. The van der Waals surface area contributed by atoms with E-state index in [0.717, 1.165) is 10.8 Å². The van der Waals surface area contributed by atoms with Gasteiger partial charge in [-0.2, -0.15) is 17.5 Å². The molecule has 2 atom stereocenters. The van der Waals surface area contributed by atoms with Crippen LogP contribution in [0.2, 0.25) is 0 Å². The molecule has 2 fully saturated rings. The number of sulfonamides is 1. The molecule has 45 heavy (non-hydrogen) atoms. The maximum absolute atomic E-state index is 13.3. The van der Waals surface area contributed by atoms with Gasteiger partial charge in [-0.3, -0.25) is 0 Å². The minimum absolute atomic E-state index is 0.0477. The first-order valence-corrected chi connectivity index (χ1v) is 17.9. The highest BCUT2D eigenvalue weighted by Crippen LogP contribution is 2.37. The number of rotatable bonds is 12. The van der Waals surface area contributed by atoms with Gasteiger partial charge in [0.2, 0.25) is 10.0 Å². The molecule has 14 heteroatoms. The zero-order valence-corrected chi connectivity index (χ0v) is 26.2. The van der Waals surface area contributed by atoms with E-state index < -0.39 is 56.3 Å². The number of nitrogens with zero attached hydrogens (tertiary/aromatic N) is 1. The summed E-state index contributed by atoms with van der Waals surface area (Å²) in [5.74, 6) is -0.453. The van der Waals surface area contributed by atoms with Crippen molar-refractivity contribution in [3.8, 4) is 5.75 Å². The van der Waals surface area contributed by atoms with Crippen molar-refractivity contribution < 1.29 is 44.6 Å². The fourth-order valence-corrected chi connectivity index (χ4v) is 8.65. The highest BCUT2D eigenvalue weighted by molar-refractivity contribution is 7.91. The zero-order chi connectivity index (χ0) is 32.3. The molecular weight excluding hydrogens is 633 g/mol. The van der Waals surface area contributed by atoms with Gasteiger partial charge >= 0.3 is 6.18 Å². The molecule has 0 amide bonds. The molecular formula is C31H37F3N2O7S2. The third kappa shape index (κ3) is 8.54. The van der Waals surface area contributed by atoms with Crippen LogP contribution >= 0.6 is 0 Å². The van der Waals surface area contributed by atoms with Gasteiger partial charge in [-0.15, -0.1) is 0 Å². The second kappa shape index (κ2) is 13.5. The van der Waals surface area contributed by atoms with Crippen molar-refractivity contribution in [1.82, 2.24) is 9.62 Å². The van der Waals surface area contributed by atoms with E-state index in [1.165, 1.54) is 28.6 Å². The summed E-state index contributed by atoms with van der Waals surface area (Å²) >= 11 is 0. The number of hydrogen-bond donors (Lipinski definition) is 2. The van der Waals surface area contributed by atoms with Crippen LogP contribution in [0.4, 0.5) is 13.2 Å². The van der Waals surface area contributed by atoms with Crippen LogP contribution in [0.15, 0.2) is 76.5 Å². The van der Waals surface area contributed by atoms with Crippen molar-refractivity contribution in [3.05, 3.63) is 66.7 Å². The molecule has 2 aliphatic rings. The van der Waals surface area contributed by atoms with Gasteiger partial charge in [0.1, 0.15) is 18.5 Å². The monoisotopic (exact) mass is 670 g/mol. The predicted octanol–water partition coefficient (Wildman–Crippen LogP) is 4.30. The molecule has 0 aromatic heterocycles. The molecule has 3 aromatic rings. The molecule has 2 N–H and O–H groups in total. The Balaban J connectivity index is 1.06. The van der Waals surface area contributed by atoms with Gasteiger partial charge in [-0.25, -0.2) is 16.8 Å². The number of piperidine rings is 1. The molecule has 0 radical (unpaired) electrons. The van der Waals surface area contributed by atoms with E-state index in [1.807, 2.05) is 30.3 Å². The maximum Gasteiger partial charge on any atom is 0.389 e. The molecule has 9 nitrogen and oxygen atoms in total. The number of aliphatic hydroxyl groups is 1. The van der Waals surface area contributed by atoms with Crippen LogP contribution < -0.4 is 10.1 Å². The number of aliphatic hydroxyl groups excluding tert-OH is 1. The van der Waals surface area contributed by atoms with Gasteiger partial charge in [0.15, 0.2) is 9.84 Å². The molecule has 2 aliphatic heterocycles. The van der Waals surface area contributed by atoms with Crippen molar-refractivity contribution in [2.24, 2.45) is 0 Å². The van der Waals surface area contributed by atoms with E-state index in [1.54, 1.807) is 12.1 Å². The Morgan fingerprint density at radius 1 is 0.978 bits per heavy atom. The molecule has 0 saturated carbocycles. The van der Waals surface area contributed by atoms with Crippen LogP contribution in [0.1, 0.15) is 32.1 Å². The fourth-order valence-electron chi connectivity index (χ4n) is 5.83. The lowest BCUT2D eigenvalue weighted by Crippen LogP contribution is -2.47. The Morgan fingerprint density at radius 3 is 2.44 bits per heavy atom. The SMILES string of the molecule is O=S(=O)(CCCC(F)(F)F)c1cccc(OC[C@@H](O)CNC2COC3(CCN(S(=O)(=O)c4ccc5ccccc5c4)CC3)C2)c1. The van der Waals surface area contributed by atoms with Crippen molar-refractivity contribution in [1.29, 1.82) is 0 Å². The topological polar surface area (TPSA) is 122 Å². The van der Waals surface area contributed by atoms with Crippen LogP contribution in [0.3, 0.4) is 0 Å². The van der Waals surface area contributed by atoms with E-state index in [-0.39, 0.29) is 34.7 Å². The Morgan fingerprint density at radius 2 is 1.71 bits per heavy atom. The average Bonchev–Trinajstić information content (AvgIpc) is 3.40. The van der Waals surface area contributed by atoms with Gasteiger partial charge < -0.3 is 19.9 Å². The Kier molecular flexibility index (Phi) is 10.1. The number of benzene rings is 3. The standard InChI is InChI=1S/C31H37F3N2O7S2/c32-31(33,34)11-4-16-44(38,39)28-8-3-7-27(18-28)42-22-26(37)20-35-25-19-30(43-21-25)12-14-36(15-13-30)45(40,41)29-10-9-23-5-1-2-6-24(23)17-29/h1-3,5-10,17-18,25-26,35,37H,4,11-16,19-22H2/t25?,26-/m0/s1. The number of nitrogens with one attached hydrogen (secondary N) is 1. The molecule has 0 bridgehead atoms. The Hall–Kier alpha value is -2.75. The molecule has 0 aliphatic carbocycles. The van der Waals surface area contributed by atoms with Gasteiger partial charge in [-0.1, -0.05) is 36.4 Å². The highest BCUT2D eigenvalue weighted by Gasteiger charge is 2.44. The minimum Gasteiger partial charge on any atom is -0.491 e. The summed E-state index contributed by atoms with van der Waals surface area (Å²) in [5, 5.41) is 15.6. The maximum atomic E-state index is 13.3. The van der Waals surface area contributed by atoms with Crippen LogP contribution in [0.25, 0.3) is 10.8 Å². The van der Waals surface area contributed by atoms with Gasteiger partial charge in [-0.05, 0) is 66.8 Å². The van der Waals surface area contributed by atoms with Crippen molar-refractivity contribution in [2.75, 3.05) is 38.6 Å². The minimum atomic E-state index is -4.42. The lowest BCUT2D eigenvalue weighted by atomic mass is 9.88. The summed E-state index contributed by atoms with van der Waals surface area (Å²) in [4.78, 5) is 0.133. The van der Waals surface area contributed by atoms with Gasteiger partial charge in [0, 0.05) is 32.1 Å². The van der Waals surface area contributed by atoms with Gasteiger partial charge in [0.05, 0.1) is 27.8 Å². The van der Waals surface area contributed by atoms with Crippen LogP contribution in [-0.4, -0.2) is 88.8 Å². The molecule has 3 aromatic carbocycles. The molecule has 2 heterocycles. The first-order valence-electron chi connectivity index (χ1n) is 14.8. The summed E-state index contributed by atoms with van der Waals surface area (Å²) in [5.41, 5.74) is -0.444. The van der Waals surface area contributed by atoms with Crippen LogP contribution in [-0.2, 0) is 24.6 Å². The second-order valence-corrected chi connectivity index (χ2v) is 15.7. The van der Waals surface area contributed by atoms with Crippen molar-refractivity contribution in [3.63, 3.8) is 0 Å². The average molecular weight is 671 g/mol. The molecule has 5 rings (SSSR count). The summed E-state index contributed by atoms with van der Waals surface area (Å²) in [6.45, 7) is 1.15. The highest BCUT2D eigenvalue weighted by atomic mass is 32.2. The molecule has 1 unspecified atom stereocenters. The normalized spacial score (nSPS) is 20.0. The summed E-state index contributed by atoms with van der Waals surface area (Å²) in [6.07, 6.45) is -5.29. The molecule has 2 saturated heterocycles. The zero-order valence-electron chi connectivity index (χ0n) is 24.6. The molecule has 1 spiro atoms. The third-order valence-corrected chi connectivity index (χ3v) is 12.0. The van der Waals surface area contributed by atoms with Crippen LogP contribution in [0, 0.1) is 0 Å². The first-order chi connectivity index (χ1) is 21.2. The van der Waals surface area contributed by atoms with E-state index >= 15 is 0 Å². The van der Waals surface area contributed by atoms with E-state index in [2.05, 4.69) is 5.32 Å². The number of ether oxygens (including phenoxy) is 2. The lowest BCUT2D eigenvalue weighted by Gasteiger charge is -2.38.